The standard InChI is InChI=1S/C27H32N6O2/c1-18(2)33-17-29-22-14-20(7-9-23(22)33)26(34)31(4)15-27(35)11-5-13-32(16-27)24-10-12-28-21-8-6-19(3)30-25(21)24/h6-10,12,14,17-18,35H,5,11,13,15-16H2,1-4H3/t27-/m1/s1. The highest BCUT2D eigenvalue weighted by molar-refractivity contribution is 5.97. The Labute approximate surface area is 205 Å². The third-order valence-electron chi connectivity index (χ3n) is 6.85. The van der Waals surface area contributed by atoms with Gasteiger partial charge in [-0.1, -0.05) is 0 Å². The molecule has 0 unspecified atom stereocenters. The van der Waals surface area contributed by atoms with Crippen LogP contribution in [0.5, 0.6) is 0 Å². The number of carbonyl (C=O) groups excluding carboxylic acids is 1. The van der Waals surface area contributed by atoms with E-state index in [1.54, 1.807) is 18.1 Å². The van der Waals surface area contributed by atoms with Crippen LogP contribution in [0.3, 0.4) is 0 Å². The van der Waals surface area contributed by atoms with Crippen LogP contribution in [0.25, 0.3) is 22.1 Å². The number of pyridine rings is 2. The Morgan fingerprint density at radius 3 is 2.80 bits per heavy atom. The van der Waals surface area contributed by atoms with Gasteiger partial charge in [0.2, 0.25) is 0 Å². The van der Waals surface area contributed by atoms with E-state index in [9.17, 15) is 9.90 Å². The van der Waals surface area contributed by atoms with Crippen molar-refractivity contribution < 1.29 is 9.90 Å². The normalized spacial score (nSPS) is 18.5. The number of piperidine rings is 1. The van der Waals surface area contributed by atoms with Crippen LogP contribution in [0.15, 0.2) is 48.9 Å². The summed E-state index contributed by atoms with van der Waals surface area (Å²) in [5.41, 5.74) is 4.94. The van der Waals surface area contributed by atoms with Crippen LogP contribution in [-0.4, -0.2) is 67.7 Å². The molecule has 1 amide bonds. The molecular formula is C27H32N6O2. The molecule has 182 valence electrons. The summed E-state index contributed by atoms with van der Waals surface area (Å²) in [7, 11) is 1.75. The molecular weight excluding hydrogens is 440 g/mol. The van der Waals surface area contributed by atoms with Crippen LogP contribution in [0.1, 0.15) is 48.8 Å². The second kappa shape index (κ2) is 8.92. The fourth-order valence-electron chi connectivity index (χ4n) is 5.12. The molecule has 1 aliphatic heterocycles. The number of likely N-dealkylation sites (N-methyl/N-ethyl adjacent to an activating group) is 1. The number of imidazole rings is 1. The Hall–Kier alpha value is -3.52. The first-order valence-electron chi connectivity index (χ1n) is 12.2. The van der Waals surface area contributed by atoms with E-state index in [2.05, 4.69) is 33.3 Å². The minimum Gasteiger partial charge on any atom is -0.386 e. The zero-order chi connectivity index (χ0) is 24.7. The predicted molar refractivity (Wildman–Crippen MR) is 138 cm³/mol. The van der Waals surface area contributed by atoms with Gasteiger partial charge in [-0.05, 0) is 70.0 Å². The first-order chi connectivity index (χ1) is 16.7. The Kier molecular flexibility index (Phi) is 5.92. The van der Waals surface area contributed by atoms with Crippen molar-refractivity contribution in [2.24, 2.45) is 0 Å². The molecule has 1 fully saturated rings. The Balaban J connectivity index is 1.34. The van der Waals surface area contributed by atoms with Gasteiger partial charge in [0, 0.05) is 43.6 Å². The van der Waals surface area contributed by atoms with Gasteiger partial charge < -0.3 is 19.5 Å². The maximum absolute atomic E-state index is 13.3. The highest BCUT2D eigenvalue weighted by Gasteiger charge is 2.36. The molecule has 1 aliphatic rings. The molecule has 0 radical (unpaired) electrons. The van der Waals surface area contributed by atoms with Crippen molar-refractivity contribution in [2.45, 2.75) is 45.3 Å². The molecule has 1 saturated heterocycles. The first kappa shape index (κ1) is 23.2. The summed E-state index contributed by atoms with van der Waals surface area (Å²) in [6.45, 7) is 7.67. The van der Waals surface area contributed by atoms with Crippen molar-refractivity contribution in [2.75, 3.05) is 31.6 Å². The maximum Gasteiger partial charge on any atom is 0.253 e. The van der Waals surface area contributed by atoms with Crippen molar-refractivity contribution in [1.82, 2.24) is 24.4 Å². The summed E-state index contributed by atoms with van der Waals surface area (Å²) >= 11 is 0. The summed E-state index contributed by atoms with van der Waals surface area (Å²) in [5, 5.41) is 11.5. The van der Waals surface area contributed by atoms with E-state index in [1.807, 2.05) is 49.6 Å². The minimum atomic E-state index is -1.02. The molecule has 35 heavy (non-hydrogen) atoms. The van der Waals surface area contributed by atoms with Crippen LogP contribution in [-0.2, 0) is 0 Å². The lowest BCUT2D eigenvalue weighted by atomic mass is 9.91. The van der Waals surface area contributed by atoms with Crippen molar-refractivity contribution in [1.29, 1.82) is 0 Å². The van der Waals surface area contributed by atoms with Crippen LogP contribution < -0.4 is 4.90 Å². The third-order valence-corrected chi connectivity index (χ3v) is 6.85. The molecule has 5 rings (SSSR count). The fraction of sp³-hybridized carbons (Fsp3) is 0.407. The molecule has 4 aromatic rings. The van der Waals surface area contributed by atoms with Crippen LogP contribution in [0.4, 0.5) is 5.69 Å². The lowest BCUT2D eigenvalue weighted by molar-refractivity contribution is 0.0000672. The average molecular weight is 473 g/mol. The number of aliphatic hydroxyl groups is 1. The Morgan fingerprint density at radius 2 is 2.00 bits per heavy atom. The van der Waals surface area contributed by atoms with Gasteiger partial charge >= 0.3 is 0 Å². The topological polar surface area (TPSA) is 87.4 Å². The van der Waals surface area contributed by atoms with Gasteiger partial charge in [0.15, 0.2) is 0 Å². The van der Waals surface area contributed by atoms with Crippen LogP contribution in [0, 0.1) is 6.92 Å². The van der Waals surface area contributed by atoms with Gasteiger partial charge in [-0.25, -0.2) is 9.97 Å². The van der Waals surface area contributed by atoms with E-state index < -0.39 is 5.60 Å². The molecule has 0 bridgehead atoms. The highest BCUT2D eigenvalue weighted by atomic mass is 16.3. The quantitative estimate of drug-likeness (QED) is 0.473. The molecule has 1 N–H and O–H groups in total. The summed E-state index contributed by atoms with van der Waals surface area (Å²) < 4.78 is 2.09. The zero-order valence-corrected chi connectivity index (χ0v) is 20.8. The largest absolute Gasteiger partial charge is 0.386 e. The van der Waals surface area contributed by atoms with Crippen molar-refractivity contribution in [3.8, 4) is 0 Å². The number of amides is 1. The number of nitrogens with zero attached hydrogens (tertiary/aromatic N) is 6. The first-order valence-corrected chi connectivity index (χ1v) is 12.2. The summed E-state index contributed by atoms with van der Waals surface area (Å²) in [4.78, 5) is 30.7. The number of rotatable bonds is 5. The van der Waals surface area contributed by atoms with Crippen LogP contribution >= 0.6 is 0 Å². The van der Waals surface area contributed by atoms with Crippen LogP contribution in [0.2, 0.25) is 0 Å². The van der Waals surface area contributed by atoms with E-state index in [1.165, 1.54) is 0 Å². The van der Waals surface area contributed by atoms with Crippen molar-refractivity contribution in [3.63, 3.8) is 0 Å². The summed E-state index contributed by atoms with van der Waals surface area (Å²) in [6.07, 6.45) is 5.06. The Morgan fingerprint density at radius 1 is 1.17 bits per heavy atom. The molecule has 3 aromatic heterocycles. The molecule has 0 aliphatic carbocycles. The van der Waals surface area contributed by atoms with E-state index in [0.29, 0.717) is 24.6 Å². The van der Waals surface area contributed by atoms with E-state index >= 15 is 0 Å². The number of anilines is 1. The smallest absolute Gasteiger partial charge is 0.253 e. The van der Waals surface area contributed by atoms with Gasteiger partial charge in [0.1, 0.15) is 5.52 Å². The third kappa shape index (κ3) is 4.46. The molecule has 8 nitrogen and oxygen atoms in total. The van der Waals surface area contributed by atoms with E-state index in [4.69, 9.17) is 4.98 Å². The maximum atomic E-state index is 13.3. The minimum absolute atomic E-state index is 0.122. The molecule has 0 saturated carbocycles. The molecule has 1 atom stereocenters. The van der Waals surface area contributed by atoms with Crippen molar-refractivity contribution >= 4 is 33.7 Å². The van der Waals surface area contributed by atoms with Gasteiger partial charge in [0.25, 0.3) is 5.91 Å². The second-order valence-electron chi connectivity index (χ2n) is 10.0. The van der Waals surface area contributed by atoms with Gasteiger partial charge in [0.05, 0.1) is 40.7 Å². The predicted octanol–water partition coefficient (Wildman–Crippen LogP) is 3.97. The van der Waals surface area contributed by atoms with Crippen molar-refractivity contribution in [3.05, 3.63) is 60.2 Å². The molecule has 8 heteroatoms. The van der Waals surface area contributed by atoms with Gasteiger partial charge in [-0.2, -0.15) is 0 Å². The number of carbonyl (C=O) groups is 1. The number of aromatic nitrogens is 4. The number of fused-ring (bicyclic) bond motifs is 2. The molecule has 0 spiro atoms. The molecule has 4 heterocycles. The fourth-order valence-corrected chi connectivity index (χ4v) is 5.12. The lowest BCUT2D eigenvalue weighted by Gasteiger charge is -2.42. The lowest BCUT2D eigenvalue weighted by Crippen LogP contribution is -2.54. The number of benzene rings is 1. The van der Waals surface area contributed by atoms with E-state index in [0.717, 1.165) is 46.4 Å². The van der Waals surface area contributed by atoms with E-state index in [-0.39, 0.29) is 12.5 Å². The Bertz CT molecular complexity index is 1400. The van der Waals surface area contributed by atoms with Gasteiger partial charge in [-0.3, -0.25) is 9.78 Å². The SMILES string of the molecule is Cc1ccc2nccc(N3CCC[C@@](O)(CN(C)C(=O)c4ccc5c(c4)ncn5C(C)C)C3)c2n1. The highest BCUT2D eigenvalue weighted by Crippen LogP contribution is 2.31. The zero-order valence-electron chi connectivity index (χ0n) is 20.8. The number of β-amino-alcohol motifs (C(OH)–C–C–N with tert-alkyl or cyclic N) is 1. The van der Waals surface area contributed by atoms with Gasteiger partial charge in [-0.15, -0.1) is 0 Å². The number of aryl methyl sites for hydroxylation is 1. The number of hydrogen-bond donors (Lipinski definition) is 1. The summed E-state index contributed by atoms with van der Waals surface area (Å²) in [6, 6.07) is 11.8. The monoisotopic (exact) mass is 472 g/mol. The average Bonchev–Trinajstić information content (AvgIpc) is 3.26. The molecule has 1 aromatic carbocycles. The second-order valence-corrected chi connectivity index (χ2v) is 10.0. The summed E-state index contributed by atoms with van der Waals surface area (Å²) in [5.74, 6) is -0.122. The number of hydrogen-bond acceptors (Lipinski definition) is 6.